The number of amides is 1. The lowest BCUT2D eigenvalue weighted by molar-refractivity contribution is -0.116. The van der Waals surface area contributed by atoms with Gasteiger partial charge < -0.3 is 14.8 Å². The number of ether oxygens (including phenoxy) is 2. The van der Waals surface area contributed by atoms with Gasteiger partial charge in [-0.25, -0.2) is 14.2 Å². The van der Waals surface area contributed by atoms with E-state index in [9.17, 15) is 18.8 Å². The Morgan fingerprint density at radius 1 is 1.00 bits per heavy atom. The van der Waals surface area contributed by atoms with E-state index in [4.69, 9.17) is 9.47 Å². The molecule has 34 heavy (non-hydrogen) atoms. The van der Waals surface area contributed by atoms with Crippen LogP contribution in [0.5, 0.6) is 11.5 Å². The molecular formula is C24H21FN4O5. The van der Waals surface area contributed by atoms with Crippen molar-refractivity contribution in [2.45, 2.75) is 13.1 Å². The number of hydrogen-bond acceptors (Lipinski definition) is 6. The van der Waals surface area contributed by atoms with Crippen molar-refractivity contribution < 1.29 is 18.7 Å². The van der Waals surface area contributed by atoms with Crippen LogP contribution in [0.1, 0.15) is 5.56 Å². The highest BCUT2D eigenvalue weighted by Gasteiger charge is 2.17. The largest absolute Gasteiger partial charge is 0.493 e. The average molecular weight is 464 g/mol. The smallest absolute Gasteiger partial charge is 0.332 e. The number of hydrogen-bond donors (Lipinski definition) is 1. The molecule has 0 saturated heterocycles. The zero-order chi connectivity index (χ0) is 24.2. The second kappa shape index (κ2) is 9.57. The highest BCUT2D eigenvalue weighted by molar-refractivity contribution is 5.91. The number of aromatic nitrogens is 3. The summed E-state index contributed by atoms with van der Waals surface area (Å²) in [6, 6.07) is 13.5. The molecule has 2 aromatic carbocycles. The van der Waals surface area contributed by atoms with Crippen molar-refractivity contribution in [3.05, 3.63) is 93.0 Å². The molecular weight excluding hydrogens is 443 g/mol. The van der Waals surface area contributed by atoms with Gasteiger partial charge in [0.25, 0.3) is 5.56 Å². The predicted molar refractivity (Wildman–Crippen MR) is 124 cm³/mol. The fourth-order valence-corrected chi connectivity index (χ4v) is 3.57. The molecule has 0 radical (unpaired) electrons. The Balaban J connectivity index is 1.70. The third kappa shape index (κ3) is 4.51. The lowest BCUT2D eigenvalue weighted by Gasteiger charge is -2.14. The molecule has 1 N–H and O–H groups in total. The maximum absolute atomic E-state index is 13.3. The summed E-state index contributed by atoms with van der Waals surface area (Å²) in [5.74, 6) is 0.00796. The maximum atomic E-state index is 13.3. The van der Waals surface area contributed by atoms with Gasteiger partial charge in [-0.1, -0.05) is 12.1 Å². The number of methoxy groups -OCH3 is 2. The van der Waals surface area contributed by atoms with E-state index in [-0.39, 0.29) is 24.1 Å². The first-order chi connectivity index (χ1) is 16.4. The molecule has 0 atom stereocenters. The number of carbonyl (C=O) groups excluding carboxylic acids is 1. The Labute approximate surface area is 193 Å². The minimum atomic E-state index is -0.683. The van der Waals surface area contributed by atoms with Gasteiger partial charge in [-0.15, -0.1) is 0 Å². The fraction of sp³-hybridized carbons (Fsp3) is 0.167. The quantitative estimate of drug-likeness (QED) is 0.451. The summed E-state index contributed by atoms with van der Waals surface area (Å²) in [4.78, 5) is 43.2. The molecule has 4 aromatic rings. The molecule has 0 saturated carbocycles. The van der Waals surface area contributed by atoms with Gasteiger partial charge in [-0.2, -0.15) is 0 Å². The van der Waals surface area contributed by atoms with Crippen LogP contribution < -0.4 is 26.0 Å². The van der Waals surface area contributed by atoms with E-state index in [1.54, 1.807) is 30.3 Å². The molecule has 0 unspecified atom stereocenters. The Kier molecular flexibility index (Phi) is 6.39. The highest BCUT2D eigenvalue weighted by Crippen LogP contribution is 2.29. The normalized spacial score (nSPS) is 10.8. The molecule has 0 bridgehead atoms. The van der Waals surface area contributed by atoms with Crippen LogP contribution >= 0.6 is 0 Å². The van der Waals surface area contributed by atoms with Crippen molar-refractivity contribution in [3.63, 3.8) is 0 Å². The summed E-state index contributed by atoms with van der Waals surface area (Å²) in [7, 11) is 2.98. The van der Waals surface area contributed by atoms with E-state index in [0.29, 0.717) is 22.7 Å². The summed E-state index contributed by atoms with van der Waals surface area (Å²) in [6.07, 6.45) is 1.44. The van der Waals surface area contributed by atoms with Crippen LogP contribution in [0.2, 0.25) is 0 Å². The lowest BCUT2D eigenvalue weighted by atomic mass is 10.2. The van der Waals surface area contributed by atoms with Gasteiger partial charge in [-0.05, 0) is 42.0 Å². The highest BCUT2D eigenvalue weighted by atomic mass is 19.1. The molecule has 10 heteroatoms. The summed E-state index contributed by atoms with van der Waals surface area (Å²) in [6.45, 7) is -0.458. The maximum Gasteiger partial charge on any atom is 0.332 e. The van der Waals surface area contributed by atoms with Gasteiger partial charge in [0.15, 0.2) is 17.0 Å². The van der Waals surface area contributed by atoms with Crippen LogP contribution in [0.4, 0.5) is 10.1 Å². The van der Waals surface area contributed by atoms with Crippen LogP contribution in [-0.4, -0.2) is 34.2 Å². The van der Waals surface area contributed by atoms with Crippen LogP contribution in [0, 0.1) is 5.82 Å². The second-order valence-electron chi connectivity index (χ2n) is 7.38. The summed E-state index contributed by atoms with van der Waals surface area (Å²) in [5.41, 5.74) is -0.00724. The fourth-order valence-electron chi connectivity index (χ4n) is 3.57. The molecule has 4 rings (SSSR count). The van der Waals surface area contributed by atoms with Crippen molar-refractivity contribution >= 4 is 22.6 Å². The number of anilines is 1. The predicted octanol–water partition coefficient (Wildman–Crippen LogP) is 2.40. The molecule has 2 aromatic heterocycles. The van der Waals surface area contributed by atoms with Gasteiger partial charge in [0, 0.05) is 18.0 Å². The number of halogens is 1. The van der Waals surface area contributed by atoms with E-state index in [0.717, 1.165) is 4.57 Å². The number of pyridine rings is 1. The third-order valence-corrected chi connectivity index (χ3v) is 5.21. The van der Waals surface area contributed by atoms with Crippen molar-refractivity contribution in [2.24, 2.45) is 0 Å². The van der Waals surface area contributed by atoms with Gasteiger partial charge in [0.2, 0.25) is 5.91 Å². The lowest BCUT2D eigenvalue weighted by Crippen LogP contribution is -2.42. The van der Waals surface area contributed by atoms with Crippen molar-refractivity contribution in [2.75, 3.05) is 19.5 Å². The van der Waals surface area contributed by atoms with Crippen LogP contribution in [0.25, 0.3) is 11.0 Å². The Bertz CT molecular complexity index is 1480. The number of nitrogens with one attached hydrogen (secondary N) is 1. The zero-order valence-corrected chi connectivity index (χ0v) is 18.4. The topological polar surface area (TPSA) is 104 Å². The molecule has 1 amide bonds. The van der Waals surface area contributed by atoms with Crippen molar-refractivity contribution in [1.29, 1.82) is 0 Å². The molecule has 9 nitrogen and oxygen atoms in total. The summed E-state index contributed by atoms with van der Waals surface area (Å²) < 4.78 is 25.9. The molecule has 0 spiro atoms. The molecule has 0 aliphatic carbocycles. The summed E-state index contributed by atoms with van der Waals surface area (Å²) >= 11 is 0. The Morgan fingerprint density at radius 2 is 1.74 bits per heavy atom. The number of benzene rings is 2. The van der Waals surface area contributed by atoms with E-state index in [1.807, 2.05) is 0 Å². The van der Waals surface area contributed by atoms with Gasteiger partial charge >= 0.3 is 5.69 Å². The van der Waals surface area contributed by atoms with E-state index in [2.05, 4.69) is 10.3 Å². The molecule has 2 heterocycles. The first-order valence-corrected chi connectivity index (χ1v) is 10.3. The summed E-state index contributed by atoms with van der Waals surface area (Å²) in [5, 5.41) is 2.71. The Hall–Kier alpha value is -4.47. The molecule has 174 valence electrons. The number of fused-ring (bicyclic) bond motifs is 1. The van der Waals surface area contributed by atoms with Gasteiger partial charge in [-0.3, -0.25) is 18.7 Å². The van der Waals surface area contributed by atoms with Crippen LogP contribution in [-0.2, 0) is 17.9 Å². The van der Waals surface area contributed by atoms with Crippen LogP contribution in [0.15, 0.2) is 70.4 Å². The third-order valence-electron chi connectivity index (χ3n) is 5.21. The number of nitrogens with zero attached hydrogens (tertiary/aromatic N) is 3. The molecule has 0 aliphatic heterocycles. The zero-order valence-electron chi connectivity index (χ0n) is 18.4. The van der Waals surface area contributed by atoms with E-state index in [1.165, 1.54) is 49.2 Å². The minimum Gasteiger partial charge on any atom is -0.493 e. The number of carbonyl (C=O) groups is 1. The van der Waals surface area contributed by atoms with Gasteiger partial charge in [0.05, 0.1) is 26.3 Å². The minimum absolute atomic E-state index is 0.0446. The van der Waals surface area contributed by atoms with E-state index >= 15 is 0 Å². The Morgan fingerprint density at radius 3 is 2.44 bits per heavy atom. The first kappa shape index (κ1) is 22.7. The second-order valence-corrected chi connectivity index (χ2v) is 7.38. The van der Waals surface area contributed by atoms with Crippen LogP contribution in [0.3, 0.4) is 0 Å². The standard InChI is InChI=1S/C24H21FN4O5/c1-33-19-10-9-17(12-20(19)34-2)27-21(30)14-28-18-4-3-11-26-22(18)23(31)29(24(28)32)13-15-5-7-16(25)8-6-15/h3-12H,13-14H2,1-2H3,(H,27,30). The van der Waals surface area contributed by atoms with Crippen molar-refractivity contribution in [3.8, 4) is 11.5 Å². The molecule has 0 fully saturated rings. The van der Waals surface area contributed by atoms with E-state index < -0.39 is 23.0 Å². The van der Waals surface area contributed by atoms with Crippen molar-refractivity contribution in [1.82, 2.24) is 14.1 Å². The first-order valence-electron chi connectivity index (χ1n) is 10.3. The average Bonchev–Trinajstić information content (AvgIpc) is 2.85. The number of rotatable bonds is 7. The molecule has 0 aliphatic rings. The SMILES string of the molecule is COc1ccc(NC(=O)Cn2c(=O)n(Cc3ccc(F)cc3)c(=O)c3ncccc32)cc1OC. The monoisotopic (exact) mass is 464 g/mol. The van der Waals surface area contributed by atoms with Gasteiger partial charge in [0.1, 0.15) is 12.4 Å².